The van der Waals surface area contributed by atoms with Crippen LogP contribution in [-0.2, 0) is 20.8 Å². The molecule has 0 aliphatic heterocycles. The highest BCUT2D eigenvalue weighted by Crippen LogP contribution is 2.28. The number of benzene rings is 2. The van der Waals surface area contributed by atoms with Gasteiger partial charge in [0.2, 0.25) is 5.91 Å². The number of alkyl halides is 1. The van der Waals surface area contributed by atoms with Crippen molar-refractivity contribution in [1.29, 1.82) is 0 Å². The standard InChI is InChI=1S/C19H17F2N3O3S/c20-6-7-27-24-18(26)11-22-17(25)10-19-23-15-5-4-13(9-16(15)28-19)12-2-1-3-14(21)8-12/h1-5,8-9H,6-7,10-11H2,(H,22,25)(H,24,26). The molecule has 28 heavy (non-hydrogen) atoms. The summed E-state index contributed by atoms with van der Waals surface area (Å²) >= 11 is 1.36. The number of hydrogen-bond acceptors (Lipinski definition) is 5. The van der Waals surface area contributed by atoms with Crippen molar-refractivity contribution in [2.45, 2.75) is 6.42 Å². The minimum atomic E-state index is -0.717. The van der Waals surface area contributed by atoms with Gasteiger partial charge in [-0.25, -0.2) is 19.2 Å². The molecular formula is C19H17F2N3O3S. The van der Waals surface area contributed by atoms with Crippen molar-refractivity contribution in [3.8, 4) is 11.1 Å². The van der Waals surface area contributed by atoms with E-state index in [-0.39, 0.29) is 31.3 Å². The van der Waals surface area contributed by atoms with Crippen molar-refractivity contribution in [2.24, 2.45) is 0 Å². The molecule has 0 saturated carbocycles. The van der Waals surface area contributed by atoms with Gasteiger partial charge in [0.05, 0.1) is 23.2 Å². The fraction of sp³-hybridized carbons (Fsp3) is 0.211. The molecule has 0 fully saturated rings. The molecule has 9 heteroatoms. The molecule has 2 N–H and O–H groups in total. The highest BCUT2D eigenvalue weighted by atomic mass is 32.1. The van der Waals surface area contributed by atoms with Crippen molar-refractivity contribution in [3.05, 3.63) is 53.3 Å². The Balaban J connectivity index is 1.61. The van der Waals surface area contributed by atoms with Crippen molar-refractivity contribution in [1.82, 2.24) is 15.8 Å². The molecule has 0 radical (unpaired) electrons. The molecule has 1 heterocycles. The molecule has 3 aromatic rings. The van der Waals surface area contributed by atoms with Crippen LogP contribution in [0, 0.1) is 5.82 Å². The lowest BCUT2D eigenvalue weighted by atomic mass is 10.1. The van der Waals surface area contributed by atoms with E-state index in [9.17, 15) is 18.4 Å². The van der Waals surface area contributed by atoms with Gasteiger partial charge < -0.3 is 5.32 Å². The van der Waals surface area contributed by atoms with Crippen LogP contribution in [0.5, 0.6) is 0 Å². The number of thiazole rings is 1. The van der Waals surface area contributed by atoms with E-state index in [2.05, 4.69) is 15.1 Å². The van der Waals surface area contributed by atoms with Gasteiger partial charge >= 0.3 is 0 Å². The van der Waals surface area contributed by atoms with Crippen LogP contribution in [0.2, 0.25) is 0 Å². The molecule has 2 aromatic carbocycles. The number of nitrogens with zero attached hydrogens (tertiary/aromatic N) is 1. The van der Waals surface area contributed by atoms with Crippen LogP contribution in [0.3, 0.4) is 0 Å². The van der Waals surface area contributed by atoms with Crippen molar-refractivity contribution < 1.29 is 23.2 Å². The summed E-state index contributed by atoms with van der Waals surface area (Å²) in [5.41, 5.74) is 4.38. The number of halogens is 2. The van der Waals surface area contributed by atoms with E-state index in [4.69, 9.17) is 0 Å². The van der Waals surface area contributed by atoms with Crippen LogP contribution < -0.4 is 10.8 Å². The van der Waals surface area contributed by atoms with Gasteiger partial charge in [-0.3, -0.25) is 14.4 Å². The maximum atomic E-state index is 13.4. The zero-order valence-electron chi connectivity index (χ0n) is 14.7. The van der Waals surface area contributed by atoms with E-state index in [1.54, 1.807) is 6.07 Å². The van der Waals surface area contributed by atoms with Gasteiger partial charge in [-0.05, 0) is 35.4 Å². The number of nitrogens with one attached hydrogen (secondary N) is 2. The predicted octanol–water partition coefficient (Wildman–Crippen LogP) is 2.78. The number of aromatic nitrogens is 1. The first-order valence-corrected chi connectivity index (χ1v) is 9.25. The van der Waals surface area contributed by atoms with E-state index >= 15 is 0 Å². The number of hydroxylamine groups is 1. The Bertz CT molecular complexity index is 993. The van der Waals surface area contributed by atoms with Gasteiger partial charge in [-0.15, -0.1) is 11.3 Å². The fourth-order valence-corrected chi connectivity index (χ4v) is 3.49. The SMILES string of the molecule is O=C(Cc1nc2ccc(-c3cccc(F)c3)cc2s1)NCC(=O)NOCCF. The molecule has 0 bridgehead atoms. The maximum Gasteiger partial charge on any atom is 0.262 e. The topological polar surface area (TPSA) is 80.3 Å². The second-order valence-electron chi connectivity index (χ2n) is 5.82. The number of fused-ring (bicyclic) bond motifs is 1. The molecule has 0 aliphatic rings. The van der Waals surface area contributed by atoms with E-state index in [1.807, 2.05) is 29.7 Å². The third-order valence-electron chi connectivity index (χ3n) is 3.71. The third kappa shape index (κ3) is 5.30. The number of amides is 2. The zero-order valence-corrected chi connectivity index (χ0v) is 15.5. The Kier molecular flexibility index (Phi) is 6.62. The van der Waals surface area contributed by atoms with Crippen LogP contribution >= 0.6 is 11.3 Å². The molecule has 0 spiro atoms. The molecule has 6 nitrogen and oxygen atoms in total. The highest BCUT2D eigenvalue weighted by Gasteiger charge is 2.11. The molecule has 1 aromatic heterocycles. The Hall–Kier alpha value is -2.91. The van der Waals surface area contributed by atoms with Gasteiger partial charge in [-0.1, -0.05) is 18.2 Å². The smallest absolute Gasteiger partial charge is 0.262 e. The van der Waals surface area contributed by atoms with Crippen LogP contribution in [0.25, 0.3) is 21.3 Å². The minimum Gasteiger partial charge on any atom is -0.347 e. The van der Waals surface area contributed by atoms with Crippen molar-refractivity contribution in [3.63, 3.8) is 0 Å². The first-order valence-electron chi connectivity index (χ1n) is 8.44. The monoisotopic (exact) mass is 405 g/mol. The first-order chi connectivity index (χ1) is 13.5. The highest BCUT2D eigenvalue weighted by molar-refractivity contribution is 7.18. The second-order valence-corrected chi connectivity index (χ2v) is 6.93. The van der Waals surface area contributed by atoms with Crippen LogP contribution in [-0.4, -0.2) is 36.6 Å². The van der Waals surface area contributed by atoms with Crippen molar-refractivity contribution in [2.75, 3.05) is 19.8 Å². The first kappa shape index (κ1) is 19.8. The lowest BCUT2D eigenvalue weighted by Crippen LogP contribution is -2.37. The summed E-state index contributed by atoms with van der Waals surface area (Å²) in [6, 6.07) is 11.9. The van der Waals surface area contributed by atoms with Crippen LogP contribution in [0.4, 0.5) is 8.78 Å². The number of carbonyl (C=O) groups excluding carboxylic acids is 2. The van der Waals surface area contributed by atoms with Gasteiger partial charge in [-0.2, -0.15) is 0 Å². The molecule has 0 unspecified atom stereocenters. The lowest BCUT2D eigenvalue weighted by Gasteiger charge is -2.05. The van der Waals surface area contributed by atoms with Crippen LogP contribution in [0.1, 0.15) is 5.01 Å². The number of rotatable bonds is 8. The van der Waals surface area contributed by atoms with Gasteiger partial charge in [0.15, 0.2) is 0 Å². The summed E-state index contributed by atoms with van der Waals surface area (Å²) in [6.07, 6.45) is 0.0211. The normalized spacial score (nSPS) is 10.8. The summed E-state index contributed by atoms with van der Waals surface area (Å²) in [4.78, 5) is 32.3. The largest absolute Gasteiger partial charge is 0.347 e. The van der Waals surface area contributed by atoms with Gasteiger partial charge in [0, 0.05) is 0 Å². The molecule has 2 amide bonds. The molecule has 0 atom stereocenters. The molecule has 3 rings (SSSR count). The van der Waals surface area contributed by atoms with E-state index in [0.29, 0.717) is 5.01 Å². The number of hydrogen-bond donors (Lipinski definition) is 2. The quantitative estimate of drug-likeness (QED) is 0.446. The fourth-order valence-electron chi connectivity index (χ4n) is 2.48. The van der Waals surface area contributed by atoms with Gasteiger partial charge in [0.1, 0.15) is 24.1 Å². The summed E-state index contributed by atoms with van der Waals surface area (Å²) in [5, 5.41) is 3.04. The maximum absolute atomic E-state index is 13.4. The Morgan fingerprint density at radius 1 is 1.11 bits per heavy atom. The summed E-state index contributed by atoms with van der Waals surface area (Å²) in [6.45, 7) is -1.24. The third-order valence-corrected chi connectivity index (χ3v) is 4.73. The van der Waals surface area contributed by atoms with Crippen molar-refractivity contribution >= 4 is 33.4 Å². The summed E-state index contributed by atoms with van der Waals surface area (Å²) < 4.78 is 26.2. The molecule has 146 valence electrons. The second kappa shape index (κ2) is 9.34. The van der Waals surface area contributed by atoms with E-state index in [1.165, 1.54) is 23.5 Å². The lowest BCUT2D eigenvalue weighted by molar-refractivity contribution is -0.134. The number of carbonyl (C=O) groups is 2. The minimum absolute atomic E-state index is 0.0211. The predicted molar refractivity (Wildman–Crippen MR) is 102 cm³/mol. The molecule has 0 aliphatic carbocycles. The summed E-state index contributed by atoms with van der Waals surface area (Å²) in [5.74, 6) is -1.26. The van der Waals surface area contributed by atoms with Gasteiger partial charge in [0.25, 0.3) is 5.91 Å². The van der Waals surface area contributed by atoms with Crippen LogP contribution in [0.15, 0.2) is 42.5 Å². The molecular weight excluding hydrogens is 388 g/mol. The van der Waals surface area contributed by atoms with E-state index in [0.717, 1.165) is 21.3 Å². The Labute approximate surface area is 163 Å². The Morgan fingerprint density at radius 3 is 2.71 bits per heavy atom. The Morgan fingerprint density at radius 2 is 1.93 bits per heavy atom. The average molecular weight is 405 g/mol. The van der Waals surface area contributed by atoms with E-state index < -0.39 is 12.6 Å². The molecule has 0 saturated heterocycles. The summed E-state index contributed by atoms with van der Waals surface area (Å²) in [7, 11) is 0. The average Bonchev–Trinajstić information content (AvgIpc) is 3.08. The zero-order chi connectivity index (χ0) is 19.9.